The van der Waals surface area contributed by atoms with Gasteiger partial charge in [0.25, 0.3) is 0 Å². The molecule has 2 aromatic heterocycles. The zero-order valence-corrected chi connectivity index (χ0v) is 13.0. The van der Waals surface area contributed by atoms with Crippen molar-refractivity contribution < 1.29 is 23.1 Å². The van der Waals surface area contributed by atoms with Gasteiger partial charge in [0.2, 0.25) is 5.95 Å². The second-order valence-electron chi connectivity index (χ2n) is 5.20. The van der Waals surface area contributed by atoms with Gasteiger partial charge in [0.05, 0.1) is 11.3 Å². The number of carboxylic acids is 1. The van der Waals surface area contributed by atoms with E-state index < -0.39 is 17.7 Å². The molecule has 0 unspecified atom stereocenters. The van der Waals surface area contributed by atoms with Crippen LogP contribution in [0.25, 0.3) is 11.3 Å². The predicted molar refractivity (Wildman–Crippen MR) is 86.9 cm³/mol. The number of hydrogen-bond acceptors (Lipinski definition) is 5. The Hall–Kier alpha value is -3.49. The Labute approximate surface area is 145 Å². The number of benzene rings is 1. The number of anilines is 2. The maximum Gasteiger partial charge on any atom is 0.419 e. The quantitative estimate of drug-likeness (QED) is 0.731. The third kappa shape index (κ3) is 3.77. The van der Waals surface area contributed by atoms with Crippen molar-refractivity contribution in [3.63, 3.8) is 0 Å². The first kappa shape index (κ1) is 17.3. The molecule has 0 saturated carbocycles. The van der Waals surface area contributed by atoms with Gasteiger partial charge in [0.15, 0.2) is 0 Å². The number of nitrogens with one attached hydrogen (secondary N) is 1. The van der Waals surface area contributed by atoms with E-state index in [0.29, 0.717) is 11.9 Å². The molecule has 132 valence electrons. The van der Waals surface area contributed by atoms with Crippen molar-refractivity contribution in [3.05, 3.63) is 66.1 Å². The molecule has 0 aliphatic rings. The molecule has 0 aliphatic heterocycles. The summed E-state index contributed by atoms with van der Waals surface area (Å²) in [5.41, 5.74) is -0.555. The average Bonchev–Trinajstić information content (AvgIpc) is 2.62. The fraction of sp³-hybridized carbons (Fsp3) is 0.0588. The van der Waals surface area contributed by atoms with E-state index in [0.717, 1.165) is 0 Å². The molecule has 0 saturated heterocycles. The standard InChI is InChI=1S/C17H11F3N4O2/c18-17(19,20)13-9-22-16(24-14(13)11-2-1-7-21-8-11)23-12-5-3-10(4-6-12)15(25)26/h1-9H,(H,25,26)(H,22,23,24). The van der Waals surface area contributed by atoms with E-state index in [9.17, 15) is 18.0 Å². The number of alkyl halides is 3. The van der Waals surface area contributed by atoms with Crippen molar-refractivity contribution >= 4 is 17.6 Å². The van der Waals surface area contributed by atoms with Gasteiger partial charge < -0.3 is 10.4 Å². The van der Waals surface area contributed by atoms with Crippen LogP contribution in [-0.2, 0) is 6.18 Å². The van der Waals surface area contributed by atoms with Crippen molar-refractivity contribution in [1.29, 1.82) is 0 Å². The monoisotopic (exact) mass is 360 g/mol. The highest BCUT2D eigenvalue weighted by atomic mass is 19.4. The van der Waals surface area contributed by atoms with Gasteiger partial charge in [0, 0.05) is 29.8 Å². The van der Waals surface area contributed by atoms with E-state index in [1.165, 1.54) is 48.8 Å². The maximum atomic E-state index is 13.2. The zero-order valence-electron chi connectivity index (χ0n) is 13.0. The van der Waals surface area contributed by atoms with Gasteiger partial charge in [-0.3, -0.25) is 4.98 Å². The summed E-state index contributed by atoms with van der Waals surface area (Å²) in [4.78, 5) is 22.3. The largest absolute Gasteiger partial charge is 0.478 e. The molecule has 0 bridgehead atoms. The van der Waals surface area contributed by atoms with Gasteiger partial charge in [-0.1, -0.05) is 0 Å². The summed E-state index contributed by atoms with van der Waals surface area (Å²) in [5, 5.41) is 11.6. The summed E-state index contributed by atoms with van der Waals surface area (Å²) in [5.74, 6) is -1.14. The summed E-state index contributed by atoms with van der Waals surface area (Å²) in [6, 6.07) is 8.63. The molecule has 1 aromatic carbocycles. The molecule has 3 rings (SSSR count). The van der Waals surface area contributed by atoms with Crippen molar-refractivity contribution in [2.75, 3.05) is 5.32 Å². The van der Waals surface area contributed by atoms with Gasteiger partial charge in [-0.15, -0.1) is 0 Å². The number of halogens is 3. The number of rotatable bonds is 4. The van der Waals surface area contributed by atoms with Gasteiger partial charge >= 0.3 is 12.1 Å². The highest BCUT2D eigenvalue weighted by Gasteiger charge is 2.35. The molecule has 0 fully saturated rings. The minimum atomic E-state index is -4.62. The predicted octanol–water partition coefficient (Wildman–Crippen LogP) is 4.00. The number of carboxylic acid groups (broad SMARTS) is 1. The summed E-state index contributed by atoms with van der Waals surface area (Å²) < 4.78 is 39.7. The lowest BCUT2D eigenvalue weighted by atomic mass is 10.1. The SMILES string of the molecule is O=C(O)c1ccc(Nc2ncc(C(F)(F)F)c(-c3cccnc3)n2)cc1. The smallest absolute Gasteiger partial charge is 0.419 e. The van der Waals surface area contributed by atoms with Crippen molar-refractivity contribution in [2.24, 2.45) is 0 Å². The molecule has 9 heteroatoms. The third-order valence-electron chi connectivity index (χ3n) is 3.42. The zero-order chi connectivity index (χ0) is 18.7. The fourth-order valence-corrected chi connectivity index (χ4v) is 2.20. The lowest BCUT2D eigenvalue weighted by Gasteiger charge is -2.13. The second-order valence-corrected chi connectivity index (χ2v) is 5.20. The molecule has 2 heterocycles. The maximum absolute atomic E-state index is 13.2. The van der Waals surface area contributed by atoms with E-state index in [-0.39, 0.29) is 22.8 Å². The molecule has 0 amide bonds. The minimum Gasteiger partial charge on any atom is -0.478 e. The molecule has 2 N–H and O–H groups in total. The molecular formula is C17H11F3N4O2. The van der Waals surface area contributed by atoms with E-state index in [4.69, 9.17) is 5.11 Å². The van der Waals surface area contributed by atoms with Gasteiger partial charge in [-0.2, -0.15) is 13.2 Å². The average molecular weight is 360 g/mol. The highest BCUT2D eigenvalue weighted by molar-refractivity contribution is 5.88. The lowest BCUT2D eigenvalue weighted by Crippen LogP contribution is -2.11. The Morgan fingerprint density at radius 1 is 1.08 bits per heavy atom. The number of hydrogen-bond donors (Lipinski definition) is 2. The molecule has 0 aliphatic carbocycles. The van der Waals surface area contributed by atoms with Crippen LogP contribution >= 0.6 is 0 Å². The van der Waals surface area contributed by atoms with Crippen LogP contribution in [0.2, 0.25) is 0 Å². The highest BCUT2D eigenvalue weighted by Crippen LogP contribution is 2.36. The summed E-state index contributed by atoms with van der Waals surface area (Å²) in [7, 11) is 0. The van der Waals surface area contributed by atoms with Crippen LogP contribution in [0.3, 0.4) is 0 Å². The fourth-order valence-electron chi connectivity index (χ4n) is 2.20. The molecular weight excluding hydrogens is 349 g/mol. The Morgan fingerprint density at radius 3 is 2.38 bits per heavy atom. The number of aromatic carboxylic acids is 1. The number of nitrogens with zero attached hydrogens (tertiary/aromatic N) is 3. The Morgan fingerprint density at radius 2 is 1.81 bits per heavy atom. The number of pyridine rings is 1. The van der Waals surface area contributed by atoms with Crippen LogP contribution in [0.5, 0.6) is 0 Å². The van der Waals surface area contributed by atoms with Gasteiger partial charge in [-0.05, 0) is 36.4 Å². The normalized spacial score (nSPS) is 11.2. The summed E-state index contributed by atoms with van der Waals surface area (Å²) in [6.07, 6.45) is -1.19. The van der Waals surface area contributed by atoms with E-state index in [2.05, 4.69) is 20.3 Å². The molecule has 3 aromatic rings. The first-order chi connectivity index (χ1) is 12.3. The van der Waals surface area contributed by atoms with Crippen LogP contribution in [0.1, 0.15) is 15.9 Å². The summed E-state index contributed by atoms with van der Waals surface area (Å²) >= 11 is 0. The van der Waals surface area contributed by atoms with Crippen LogP contribution in [0, 0.1) is 0 Å². The van der Waals surface area contributed by atoms with Crippen molar-refractivity contribution in [2.45, 2.75) is 6.18 Å². The number of aromatic nitrogens is 3. The van der Waals surface area contributed by atoms with Crippen LogP contribution < -0.4 is 5.32 Å². The van der Waals surface area contributed by atoms with Crippen LogP contribution in [-0.4, -0.2) is 26.0 Å². The van der Waals surface area contributed by atoms with Crippen LogP contribution in [0.15, 0.2) is 55.0 Å². The van der Waals surface area contributed by atoms with E-state index in [1.54, 1.807) is 0 Å². The van der Waals surface area contributed by atoms with Crippen LogP contribution in [0.4, 0.5) is 24.8 Å². The van der Waals surface area contributed by atoms with E-state index in [1.807, 2.05) is 0 Å². The second kappa shape index (κ2) is 6.79. The van der Waals surface area contributed by atoms with Gasteiger partial charge in [0.1, 0.15) is 5.56 Å². The molecule has 0 atom stereocenters. The number of carbonyl (C=O) groups is 1. The Bertz CT molecular complexity index is 929. The Kier molecular flexibility index (Phi) is 4.53. The molecule has 0 spiro atoms. The van der Waals surface area contributed by atoms with Crippen molar-refractivity contribution in [1.82, 2.24) is 15.0 Å². The molecule has 6 nitrogen and oxygen atoms in total. The van der Waals surface area contributed by atoms with Crippen molar-refractivity contribution in [3.8, 4) is 11.3 Å². The topological polar surface area (TPSA) is 88.0 Å². The molecule has 26 heavy (non-hydrogen) atoms. The first-order valence-electron chi connectivity index (χ1n) is 7.29. The van der Waals surface area contributed by atoms with E-state index >= 15 is 0 Å². The molecule has 0 radical (unpaired) electrons. The minimum absolute atomic E-state index is 0.0556. The first-order valence-corrected chi connectivity index (χ1v) is 7.29. The third-order valence-corrected chi connectivity index (χ3v) is 3.42. The lowest BCUT2D eigenvalue weighted by molar-refractivity contribution is -0.137. The Balaban J connectivity index is 1.97. The van der Waals surface area contributed by atoms with Gasteiger partial charge in [-0.25, -0.2) is 14.8 Å². The summed E-state index contributed by atoms with van der Waals surface area (Å²) in [6.45, 7) is 0.